The van der Waals surface area contributed by atoms with Crippen LogP contribution in [-0.4, -0.2) is 47.5 Å². The number of aliphatic hydroxyl groups excluding tert-OH is 2. The van der Waals surface area contributed by atoms with Gasteiger partial charge in [0.05, 0.1) is 18.5 Å². The molecule has 2 rings (SSSR count). The summed E-state index contributed by atoms with van der Waals surface area (Å²) in [4.78, 5) is 0. The van der Waals surface area contributed by atoms with Crippen LogP contribution in [0.2, 0.25) is 0 Å². The third kappa shape index (κ3) is 4.96. The van der Waals surface area contributed by atoms with Crippen LogP contribution in [0.5, 0.6) is 5.75 Å². The molecule has 0 aromatic heterocycles. The van der Waals surface area contributed by atoms with Crippen LogP contribution in [0.3, 0.4) is 0 Å². The van der Waals surface area contributed by atoms with E-state index in [2.05, 4.69) is 6.92 Å². The Labute approximate surface area is 155 Å². The van der Waals surface area contributed by atoms with Gasteiger partial charge in [-0.2, -0.15) is 0 Å². The number of aliphatic hydroxyl groups is 2. The molecule has 1 aromatic rings. The summed E-state index contributed by atoms with van der Waals surface area (Å²) in [6.45, 7) is 3.31. The standard InChI is InChI=1S/C20H28O5S/c1-3-4-15(11-16-5-8-17(22)9-6-16)7-10-18(23)20-14(2)13-26(24,25)19(20)12-21/h5-6,8-9,11,18-19,21-23H,3-4,7,10,12-13H2,1-2H3/b15-11+/t18-,19+/m1/s1. The number of sulfone groups is 1. The summed E-state index contributed by atoms with van der Waals surface area (Å²) in [5.74, 6) is 0.130. The van der Waals surface area contributed by atoms with Crippen molar-refractivity contribution in [1.29, 1.82) is 0 Å². The van der Waals surface area contributed by atoms with Crippen LogP contribution in [0.4, 0.5) is 0 Å². The molecule has 144 valence electrons. The van der Waals surface area contributed by atoms with E-state index in [0.717, 1.165) is 24.0 Å². The van der Waals surface area contributed by atoms with Crippen LogP contribution in [-0.2, 0) is 9.84 Å². The maximum Gasteiger partial charge on any atom is 0.163 e. The van der Waals surface area contributed by atoms with Crippen molar-refractivity contribution in [3.63, 3.8) is 0 Å². The van der Waals surface area contributed by atoms with Gasteiger partial charge < -0.3 is 15.3 Å². The van der Waals surface area contributed by atoms with E-state index < -0.39 is 27.8 Å². The quantitative estimate of drug-likeness (QED) is 0.603. The van der Waals surface area contributed by atoms with Gasteiger partial charge in [0.25, 0.3) is 0 Å². The molecule has 5 nitrogen and oxygen atoms in total. The second-order valence-electron chi connectivity index (χ2n) is 6.91. The van der Waals surface area contributed by atoms with Gasteiger partial charge >= 0.3 is 0 Å². The van der Waals surface area contributed by atoms with E-state index in [1.54, 1.807) is 19.1 Å². The predicted molar refractivity (Wildman–Crippen MR) is 104 cm³/mol. The normalized spacial score (nSPS) is 21.2. The van der Waals surface area contributed by atoms with Gasteiger partial charge in [-0.15, -0.1) is 0 Å². The number of phenols is 1. The summed E-state index contributed by atoms with van der Waals surface area (Å²) < 4.78 is 24.2. The summed E-state index contributed by atoms with van der Waals surface area (Å²) in [5, 5.41) is 28.4. The third-order valence-corrected chi connectivity index (χ3v) is 6.89. The second kappa shape index (κ2) is 8.84. The van der Waals surface area contributed by atoms with Crippen molar-refractivity contribution < 1.29 is 23.7 Å². The van der Waals surface area contributed by atoms with E-state index in [1.807, 2.05) is 18.2 Å². The Balaban J connectivity index is 2.11. The molecule has 3 N–H and O–H groups in total. The average Bonchev–Trinajstić information content (AvgIpc) is 2.82. The summed E-state index contributed by atoms with van der Waals surface area (Å²) >= 11 is 0. The maximum absolute atomic E-state index is 12.1. The highest BCUT2D eigenvalue weighted by Gasteiger charge is 2.39. The van der Waals surface area contributed by atoms with E-state index in [-0.39, 0.29) is 11.5 Å². The number of phenolic OH excluding ortho intramolecular Hbond substituents is 1. The molecule has 1 aromatic carbocycles. The lowest BCUT2D eigenvalue weighted by Crippen LogP contribution is -2.29. The number of rotatable bonds is 8. The molecule has 0 saturated heterocycles. The van der Waals surface area contributed by atoms with Gasteiger partial charge in [0.15, 0.2) is 9.84 Å². The molecule has 0 bridgehead atoms. The zero-order valence-corrected chi connectivity index (χ0v) is 16.2. The maximum atomic E-state index is 12.1. The number of aromatic hydroxyl groups is 1. The molecule has 26 heavy (non-hydrogen) atoms. The van der Waals surface area contributed by atoms with Gasteiger partial charge in [-0.1, -0.05) is 42.7 Å². The molecular weight excluding hydrogens is 352 g/mol. The monoisotopic (exact) mass is 380 g/mol. The highest BCUT2D eigenvalue weighted by atomic mass is 32.2. The molecule has 2 atom stereocenters. The van der Waals surface area contributed by atoms with Crippen molar-refractivity contribution in [2.45, 2.75) is 50.9 Å². The Bertz CT molecular complexity index is 775. The highest BCUT2D eigenvalue weighted by Crippen LogP contribution is 2.32. The van der Waals surface area contributed by atoms with Crippen molar-refractivity contribution in [3.8, 4) is 5.75 Å². The van der Waals surface area contributed by atoms with Crippen molar-refractivity contribution in [1.82, 2.24) is 0 Å². The minimum atomic E-state index is -3.40. The fourth-order valence-electron chi connectivity index (χ4n) is 3.54. The van der Waals surface area contributed by atoms with Crippen LogP contribution in [0, 0.1) is 0 Å². The Kier molecular flexibility index (Phi) is 7.03. The summed E-state index contributed by atoms with van der Waals surface area (Å²) in [6, 6.07) is 6.93. The fraction of sp³-hybridized carbons (Fsp3) is 0.500. The molecule has 0 fully saturated rings. The molecule has 0 amide bonds. The number of benzene rings is 1. The van der Waals surface area contributed by atoms with E-state index >= 15 is 0 Å². The van der Waals surface area contributed by atoms with Gasteiger partial charge in [-0.25, -0.2) is 8.42 Å². The van der Waals surface area contributed by atoms with Crippen LogP contribution >= 0.6 is 0 Å². The SMILES string of the molecule is CCC/C(=C\c1ccc(O)cc1)CC[C@@H](O)C1=C(C)CS(=O)(=O)[C@H]1CO. The van der Waals surface area contributed by atoms with E-state index in [0.29, 0.717) is 24.0 Å². The first kappa shape index (κ1) is 20.7. The molecule has 0 unspecified atom stereocenters. The number of hydrogen-bond acceptors (Lipinski definition) is 5. The molecule has 0 aliphatic carbocycles. The largest absolute Gasteiger partial charge is 0.508 e. The summed E-state index contributed by atoms with van der Waals surface area (Å²) in [5.41, 5.74) is 3.26. The Morgan fingerprint density at radius 2 is 1.92 bits per heavy atom. The molecule has 1 aliphatic rings. The lowest BCUT2D eigenvalue weighted by molar-refractivity contribution is 0.188. The number of hydrogen-bond donors (Lipinski definition) is 3. The van der Waals surface area contributed by atoms with Gasteiger partial charge in [0, 0.05) is 0 Å². The molecule has 0 radical (unpaired) electrons. The lowest BCUT2D eigenvalue weighted by atomic mass is 9.94. The van der Waals surface area contributed by atoms with Crippen molar-refractivity contribution in [2.75, 3.05) is 12.4 Å². The minimum absolute atomic E-state index is 0.0875. The first-order chi connectivity index (χ1) is 12.3. The van der Waals surface area contributed by atoms with E-state index in [1.165, 1.54) is 0 Å². The van der Waals surface area contributed by atoms with Gasteiger partial charge in [-0.05, 0) is 49.5 Å². The summed E-state index contributed by atoms with van der Waals surface area (Å²) in [7, 11) is -3.40. The zero-order chi connectivity index (χ0) is 19.3. The summed E-state index contributed by atoms with van der Waals surface area (Å²) in [6.07, 6.45) is 4.09. The van der Waals surface area contributed by atoms with E-state index in [4.69, 9.17) is 0 Å². The molecular formula is C20H28O5S. The lowest BCUT2D eigenvalue weighted by Gasteiger charge is -2.19. The first-order valence-electron chi connectivity index (χ1n) is 8.97. The van der Waals surface area contributed by atoms with Crippen molar-refractivity contribution in [3.05, 3.63) is 46.5 Å². The molecule has 1 aliphatic heterocycles. The minimum Gasteiger partial charge on any atom is -0.508 e. The van der Waals surface area contributed by atoms with Crippen LogP contribution < -0.4 is 0 Å². The Morgan fingerprint density at radius 3 is 2.50 bits per heavy atom. The molecule has 6 heteroatoms. The van der Waals surface area contributed by atoms with Crippen molar-refractivity contribution in [2.24, 2.45) is 0 Å². The molecule has 1 heterocycles. The topological polar surface area (TPSA) is 94.8 Å². The zero-order valence-electron chi connectivity index (χ0n) is 15.4. The van der Waals surface area contributed by atoms with Gasteiger partial charge in [0.1, 0.15) is 11.0 Å². The third-order valence-electron chi connectivity index (χ3n) is 4.79. The fourth-order valence-corrected chi connectivity index (χ4v) is 5.48. The van der Waals surface area contributed by atoms with Gasteiger partial charge in [-0.3, -0.25) is 0 Å². The highest BCUT2D eigenvalue weighted by molar-refractivity contribution is 7.92. The van der Waals surface area contributed by atoms with Gasteiger partial charge in [0.2, 0.25) is 0 Å². The van der Waals surface area contributed by atoms with E-state index in [9.17, 15) is 23.7 Å². The predicted octanol–water partition coefficient (Wildman–Crippen LogP) is 2.82. The first-order valence-corrected chi connectivity index (χ1v) is 10.7. The van der Waals surface area contributed by atoms with Crippen molar-refractivity contribution >= 4 is 15.9 Å². The molecule has 0 spiro atoms. The smallest absolute Gasteiger partial charge is 0.163 e. The molecule has 0 saturated carbocycles. The van der Waals surface area contributed by atoms with Crippen LogP contribution in [0.25, 0.3) is 6.08 Å². The Morgan fingerprint density at radius 1 is 1.27 bits per heavy atom. The average molecular weight is 381 g/mol. The van der Waals surface area contributed by atoms with Crippen LogP contribution in [0.15, 0.2) is 41.0 Å². The van der Waals surface area contributed by atoms with Crippen LogP contribution in [0.1, 0.15) is 45.1 Å². The second-order valence-corrected chi connectivity index (χ2v) is 9.10. The number of allylic oxidation sites excluding steroid dienone is 1. The Hall–Kier alpha value is -1.63.